The van der Waals surface area contributed by atoms with Gasteiger partial charge < -0.3 is 0 Å². The van der Waals surface area contributed by atoms with Crippen molar-refractivity contribution in [2.24, 2.45) is 7.05 Å². The van der Waals surface area contributed by atoms with Crippen molar-refractivity contribution in [1.29, 1.82) is 0 Å². The summed E-state index contributed by atoms with van der Waals surface area (Å²) in [6.45, 7) is 0.747. The Labute approximate surface area is 138 Å². The number of carbonyl (C=O) groups is 1. The maximum absolute atomic E-state index is 12.2. The van der Waals surface area contributed by atoms with E-state index in [2.05, 4.69) is 25.5 Å². The Morgan fingerprint density at radius 1 is 1.38 bits per heavy atom. The maximum atomic E-state index is 12.2. The van der Waals surface area contributed by atoms with Crippen LogP contribution in [0.3, 0.4) is 0 Å². The first-order chi connectivity index (χ1) is 11.7. The van der Waals surface area contributed by atoms with Gasteiger partial charge in [0.25, 0.3) is 5.91 Å². The molecule has 0 saturated carbocycles. The van der Waals surface area contributed by atoms with Crippen LogP contribution in [0.1, 0.15) is 34.1 Å². The molecule has 1 unspecified atom stereocenters. The van der Waals surface area contributed by atoms with Crippen molar-refractivity contribution in [1.82, 2.24) is 29.5 Å². The Morgan fingerprint density at radius 2 is 2.29 bits per heavy atom. The number of anilines is 1. The zero-order valence-electron chi connectivity index (χ0n) is 13.3. The average molecular weight is 323 g/mol. The lowest BCUT2D eigenvalue weighted by molar-refractivity contribution is 0.102. The van der Waals surface area contributed by atoms with Crippen LogP contribution in [0.25, 0.3) is 0 Å². The van der Waals surface area contributed by atoms with Crippen LogP contribution in [0.2, 0.25) is 0 Å². The monoisotopic (exact) mass is 323 g/mol. The molecule has 1 N–H and O–H groups in total. The lowest BCUT2D eigenvalue weighted by Gasteiger charge is -2.21. The third-order valence-electron chi connectivity index (χ3n) is 4.20. The maximum Gasteiger partial charge on any atom is 0.259 e. The zero-order valence-corrected chi connectivity index (χ0v) is 13.3. The molecule has 8 nitrogen and oxygen atoms in total. The summed E-state index contributed by atoms with van der Waals surface area (Å²) in [6, 6.07) is 3.43. The first-order valence-electron chi connectivity index (χ1n) is 7.82. The number of nitrogens with one attached hydrogen (secondary N) is 1. The molecule has 1 aliphatic rings. The molecule has 0 fully saturated rings. The predicted molar refractivity (Wildman–Crippen MR) is 86.5 cm³/mol. The molecule has 0 radical (unpaired) electrons. The molecule has 0 bridgehead atoms. The summed E-state index contributed by atoms with van der Waals surface area (Å²) in [7, 11) is 1.92. The van der Waals surface area contributed by atoms with E-state index in [0.717, 1.165) is 25.2 Å². The number of fused-ring (bicyclic) bond motifs is 1. The molecule has 3 aromatic heterocycles. The minimum atomic E-state index is -0.255. The van der Waals surface area contributed by atoms with Gasteiger partial charge in [-0.15, -0.1) is 5.10 Å². The topological polar surface area (TPSA) is 90.5 Å². The standard InChI is InChI=1S/C16H17N7O/c1-22-9-13(8-18-22)12-4-5-14-19-16(21-23(14)10-12)20-15(24)11-3-2-6-17-7-11/h2-3,6-9,12H,4-5,10H2,1H3,(H,20,21,24). The third-order valence-corrected chi connectivity index (χ3v) is 4.20. The van der Waals surface area contributed by atoms with Crippen LogP contribution in [0, 0.1) is 0 Å². The number of amides is 1. The Kier molecular flexibility index (Phi) is 3.56. The highest BCUT2D eigenvalue weighted by molar-refractivity contribution is 6.03. The van der Waals surface area contributed by atoms with Crippen molar-refractivity contribution < 1.29 is 4.79 Å². The van der Waals surface area contributed by atoms with Crippen LogP contribution in [-0.2, 0) is 20.0 Å². The molecule has 4 rings (SSSR count). The van der Waals surface area contributed by atoms with Gasteiger partial charge in [0.05, 0.1) is 18.3 Å². The summed E-state index contributed by atoms with van der Waals surface area (Å²) in [5, 5.41) is 11.4. The quantitative estimate of drug-likeness (QED) is 0.786. The Hall–Kier alpha value is -3.03. The van der Waals surface area contributed by atoms with Crippen molar-refractivity contribution in [3.63, 3.8) is 0 Å². The van der Waals surface area contributed by atoms with Gasteiger partial charge in [-0.3, -0.25) is 19.8 Å². The van der Waals surface area contributed by atoms with Crippen LogP contribution < -0.4 is 5.32 Å². The molecule has 3 aromatic rings. The van der Waals surface area contributed by atoms with Gasteiger partial charge in [-0.1, -0.05) is 0 Å². The number of carbonyl (C=O) groups excluding carboxylic acids is 1. The van der Waals surface area contributed by atoms with Gasteiger partial charge in [-0.25, -0.2) is 4.68 Å². The smallest absolute Gasteiger partial charge is 0.259 e. The van der Waals surface area contributed by atoms with Crippen molar-refractivity contribution in [2.45, 2.75) is 25.3 Å². The van der Waals surface area contributed by atoms with E-state index in [1.54, 1.807) is 18.3 Å². The summed E-state index contributed by atoms with van der Waals surface area (Å²) in [6.07, 6.45) is 8.91. The van der Waals surface area contributed by atoms with Crippen LogP contribution in [0.5, 0.6) is 0 Å². The van der Waals surface area contributed by atoms with Crippen LogP contribution >= 0.6 is 0 Å². The highest BCUT2D eigenvalue weighted by atomic mass is 16.1. The number of hydrogen-bond donors (Lipinski definition) is 1. The Balaban J connectivity index is 1.49. The molecule has 4 heterocycles. The fourth-order valence-electron chi connectivity index (χ4n) is 2.96. The van der Waals surface area contributed by atoms with Gasteiger partial charge >= 0.3 is 0 Å². The largest absolute Gasteiger partial charge is 0.289 e. The second-order valence-electron chi connectivity index (χ2n) is 5.91. The summed E-state index contributed by atoms with van der Waals surface area (Å²) in [5.41, 5.74) is 1.69. The van der Waals surface area contributed by atoms with Crippen molar-refractivity contribution in [2.75, 3.05) is 5.32 Å². The second-order valence-corrected chi connectivity index (χ2v) is 5.91. The zero-order chi connectivity index (χ0) is 16.5. The van der Waals surface area contributed by atoms with Crippen molar-refractivity contribution >= 4 is 11.9 Å². The number of pyridine rings is 1. The molecule has 0 spiro atoms. The van der Waals surface area contributed by atoms with E-state index in [-0.39, 0.29) is 5.91 Å². The highest BCUT2D eigenvalue weighted by Crippen LogP contribution is 2.28. The first kappa shape index (κ1) is 14.6. The van der Waals surface area contributed by atoms with Crippen LogP contribution in [0.4, 0.5) is 5.95 Å². The minimum Gasteiger partial charge on any atom is -0.289 e. The fourth-order valence-corrected chi connectivity index (χ4v) is 2.96. The Bertz CT molecular complexity index is 868. The summed E-state index contributed by atoms with van der Waals surface area (Å²) < 4.78 is 3.69. The molecule has 0 saturated heterocycles. The lowest BCUT2D eigenvalue weighted by atomic mass is 9.94. The van der Waals surface area contributed by atoms with Gasteiger partial charge in [0, 0.05) is 38.0 Å². The number of rotatable bonds is 3. The van der Waals surface area contributed by atoms with Gasteiger partial charge in [-0.05, 0) is 24.1 Å². The van der Waals surface area contributed by atoms with E-state index in [9.17, 15) is 4.79 Å². The van der Waals surface area contributed by atoms with Gasteiger partial charge in [-0.2, -0.15) is 10.1 Å². The van der Waals surface area contributed by atoms with E-state index in [0.29, 0.717) is 17.4 Å². The van der Waals surface area contributed by atoms with Crippen LogP contribution in [-0.4, -0.2) is 35.4 Å². The Morgan fingerprint density at radius 3 is 3.04 bits per heavy atom. The van der Waals surface area contributed by atoms with E-state index >= 15 is 0 Å². The fraction of sp³-hybridized carbons (Fsp3) is 0.312. The molecule has 8 heteroatoms. The highest BCUT2D eigenvalue weighted by Gasteiger charge is 2.24. The van der Waals surface area contributed by atoms with Gasteiger partial charge in [0.15, 0.2) is 0 Å². The molecule has 122 valence electrons. The molecule has 1 aliphatic heterocycles. The number of aryl methyl sites for hydroxylation is 2. The average Bonchev–Trinajstić information content (AvgIpc) is 3.20. The number of hydrogen-bond acceptors (Lipinski definition) is 5. The second kappa shape index (κ2) is 5.88. The normalized spacial score (nSPS) is 16.6. The third kappa shape index (κ3) is 2.78. The predicted octanol–water partition coefficient (Wildman–Crippen LogP) is 1.39. The molecule has 1 amide bonds. The van der Waals surface area contributed by atoms with E-state index < -0.39 is 0 Å². The lowest BCUT2D eigenvalue weighted by Crippen LogP contribution is -2.19. The molecular formula is C16H17N7O. The van der Waals surface area contributed by atoms with Gasteiger partial charge in [0.1, 0.15) is 5.82 Å². The molecular weight excluding hydrogens is 306 g/mol. The number of aromatic nitrogens is 6. The summed E-state index contributed by atoms with van der Waals surface area (Å²) >= 11 is 0. The summed E-state index contributed by atoms with van der Waals surface area (Å²) in [5.74, 6) is 1.35. The van der Waals surface area contributed by atoms with Crippen molar-refractivity contribution in [3.8, 4) is 0 Å². The molecule has 0 aromatic carbocycles. The first-order valence-corrected chi connectivity index (χ1v) is 7.82. The number of nitrogens with zero attached hydrogens (tertiary/aromatic N) is 6. The minimum absolute atomic E-state index is 0.255. The van der Waals surface area contributed by atoms with Gasteiger partial charge in [0.2, 0.25) is 5.95 Å². The molecule has 1 atom stereocenters. The van der Waals surface area contributed by atoms with Crippen LogP contribution in [0.15, 0.2) is 36.9 Å². The molecule has 24 heavy (non-hydrogen) atoms. The molecule has 0 aliphatic carbocycles. The van der Waals surface area contributed by atoms with E-state index in [1.165, 1.54) is 11.8 Å². The summed E-state index contributed by atoms with van der Waals surface area (Å²) in [4.78, 5) is 20.5. The van der Waals surface area contributed by atoms with E-state index in [1.807, 2.05) is 28.8 Å². The van der Waals surface area contributed by atoms with Crippen molar-refractivity contribution in [3.05, 3.63) is 53.9 Å². The SMILES string of the molecule is Cn1cc(C2CCc3nc(NC(=O)c4cccnc4)nn3C2)cn1. The van der Waals surface area contributed by atoms with E-state index in [4.69, 9.17) is 0 Å².